The maximum absolute atomic E-state index is 13.0. The zero-order valence-electron chi connectivity index (χ0n) is 17.0. The van der Waals surface area contributed by atoms with Crippen LogP contribution in [-0.4, -0.2) is 53.6 Å². The molecule has 0 spiro atoms. The second kappa shape index (κ2) is 7.78. The number of furan rings is 1. The maximum Gasteiger partial charge on any atom is 0.410 e. The van der Waals surface area contributed by atoms with Gasteiger partial charge in [-0.25, -0.2) is 4.79 Å². The van der Waals surface area contributed by atoms with E-state index >= 15 is 0 Å². The quantitative estimate of drug-likeness (QED) is 0.647. The molecule has 1 saturated heterocycles. The molecule has 1 aromatic carbocycles. The first-order chi connectivity index (χ1) is 13.1. The molecule has 0 unspecified atom stereocenters. The molecular formula is C21H27BrN2O4. The Labute approximate surface area is 173 Å². The SMILES string of the molecule is Cc1c(C(=O)N(C)C2CCN(C(=O)OC(C)(C)C)CC2)oc2ccc(Br)cc12. The monoisotopic (exact) mass is 450 g/mol. The minimum Gasteiger partial charge on any atom is -0.451 e. The number of carbonyl (C=O) groups excluding carboxylic acids is 2. The van der Waals surface area contributed by atoms with Crippen LogP contribution in [0.15, 0.2) is 27.1 Å². The van der Waals surface area contributed by atoms with E-state index < -0.39 is 5.60 Å². The van der Waals surface area contributed by atoms with Crippen LogP contribution >= 0.6 is 15.9 Å². The first-order valence-electron chi connectivity index (χ1n) is 9.50. The van der Waals surface area contributed by atoms with Gasteiger partial charge in [0, 0.05) is 41.6 Å². The molecule has 152 valence electrons. The number of nitrogens with zero attached hydrogens (tertiary/aromatic N) is 2. The normalized spacial score (nSPS) is 15.7. The van der Waals surface area contributed by atoms with Crippen LogP contribution in [0.4, 0.5) is 4.79 Å². The van der Waals surface area contributed by atoms with Gasteiger partial charge in [0.1, 0.15) is 11.2 Å². The molecule has 0 saturated carbocycles. The summed E-state index contributed by atoms with van der Waals surface area (Å²) in [5.41, 5.74) is 1.05. The van der Waals surface area contributed by atoms with Gasteiger partial charge in [0.25, 0.3) is 5.91 Å². The Kier molecular flexibility index (Phi) is 5.75. The molecule has 1 aliphatic rings. The zero-order valence-corrected chi connectivity index (χ0v) is 18.6. The third kappa shape index (κ3) is 4.35. The molecule has 0 N–H and O–H groups in total. The number of halogens is 1. The lowest BCUT2D eigenvalue weighted by Crippen LogP contribution is -2.48. The third-order valence-electron chi connectivity index (χ3n) is 5.08. The molecule has 7 heteroatoms. The first kappa shape index (κ1) is 20.7. The number of ether oxygens (including phenoxy) is 1. The lowest BCUT2D eigenvalue weighted by molar-refractivity contribution is 0.0158. The Hall–Kier alpha value is -2.02. The summed E-state index contributed by atoms with van der Waals surface area (Å²) in [6.07, 6.45) is 1.14. The van der Waals surface area contributed by atoms with Crippen molar-refractivity contribution in [2.45, 2.75) is 52.2 Å². The van der Waals surface area contributed by atoms with Crippen LogP contribution in [-0.2, 0) is 4.74 Å². The topological polar surface area (TPSA) is 63.0 Å². The molecule has 0 atom stereocenters. The fraction of sp³-hybridized carbons (Fsp3) is 0.524. The summed E-state index contributed by atoms with van der Waals surface area (Å²) in [6.45, 7) is 8.63. The van der Waals surface area contributed by atoms with Crippen LogP contribution < -0.4 is 0 Å². The minimum atomic E-state index is -0.505. The number of carbonyl (C=O) groups is 2. The molecule has 6 nitrogen and oxygen atoms in total. The smallest absolute Gasteiger partial charge is 0.410 e. The number of rotatable bonds is 2. The molecule has 0 bridgehead atoms. The van der Waals surface area contributed by atoms with E-state index in [9.17, 15) is 9.59 Å². The molecule has 28 heavy (non-hydrogen) atoms. The standard InChI is InChI=1S/C21H27BrN2O4/c1-13-16-12-14(22)6-7-17(16)27-18(13)19(25)23(5)15-8-10-24(11-9-15)20(26)28-21(2,3)4/h6-7,12,15H,8-11H2,1-5H3. The number of fused-ring (bicyclic) bond motifs is 1. The summed E-state index contributed by atoms with van der Waals surface area (Å²) in [4.78, 5) is 28.7. The van der Waals surface area contributed by atoms with Crippen LogP contribution in [0, 0.1) is 6.92 Å². The van der Waals surface area contributed by atoms with Crippen molar-refractivity contribution in [3.05, 3.63) is 34.0 Å². The average Bonchev–Trinajstić information content (AvgIpc) is 2.95. The average molecular weight is 451 g/mol. The third-order valence-corrected chi connectivity index (χ3v) is 5.57. The van der Waals surface area contributed by atoms with Crippen LogP contribution in [0.25, 0.3) is 11.0 Å². The van der Waals surface area contributed by atoms with Gasteiger partial charge in [0.15, 0.2) is 5.76 Å². The predicted octanol–water partition coefficient (Wildman–Crippen LogP) is 4.98. The van der Waals surface area contributed by atoms with Crippen LogP contribution in [0.2, 0.25) is 0 Å². The first-order valence-corrected chi connectivity index (χ1v) is 10.3. The summed E-state index contributed by atoms with van der Waals surface area (Å²) in [6, 6.07) is 5.79. The van der Waals surface area contributed by atoms with Crippen molar-refractivity contribution in [1.82, 2.24) is 9.80 Å². The van der Waals surface area contributed by atoms with Gasteiger partial charge in [0.2, 0.25) is 0 Å². The zero-order chi connectivity index (χ0) is 20.6. The Morgan fingerprint density at radius 3 is 2.50 bits per heavy atom. The summed E-state index contributed by atoms with van der Waals surface area (Å²) >= 11 is 3.46. The number of piperidine rings is 1. The van der Waals surface area contributed by atoms with Gasteiger partial charge in [-0.15, -0.1) is 0 Å². The number of amides is 2. The van der Waals surface area contributed by atoms with E-state index in [-0.39, 0.29) is 18.0 Å². The van der Waals surface area contributed by atoms with E-state index in [0.29, 0.717) is 37.3 Å². The van der Waals surface area contributed by atoms with Crippen molar-refractivity contribution < 1.29 is 18.7 Å². The number of aryl methyl sites for hydroxylation is 1. The number of hydrogen-bond donors (Lipinski definition) is 0. The molecule has 1 fully saturated rings. The van der Waals surface area contributed by atoms with Crippen molar-refractivity contribution in [1.29, 1.82) is 0 Å². The van der Waals surface area contributed by atoms with Gasteiger partial charge in [-0.05, 0) is 58.7 Å². The van der Waals surface area contributed by atoms with E-state index in [1.165, 1.54) is 0 Å². The number of likely N-dealkylation sites (tertiary alicyclic amines) is 1. The molecule has 2 heterocycles. The number of benzene rings is 1. The minimum absolute atomic E-state index is 0.0607. The molecule has 1 aliphatic heterocycles. The molecule has 1 aromatic heterocycles. The Bertz CT molecular complexity index is 892. The van der Waals surface area contributed by atoms with Gasteiger partial charge in [0.05, 0.1) is 0 Å². The lowest BCUT2D eigenvalue weighted by atomic mass is 10.0. The molecule has 0 aliphatic carbocycles. The highest BCUT2D eigenvalue weighted by molar-refractivity contribution is 9.10. The molecule has 2 amide bonds. The van der Waals surface area contributed by atoms with Crippen LogP contribution in [0.5, 0.6) is 0 Å². The van der Waals surface area contributed by atoms with Crippen LogP contribution in [0.1, 0.15) is 49.7 Å². The lowest BCUT2D eigenvalue weighted by Gasteiger charge is -2.37. The predicted molar refractivity (Wildman–Crippen MR) is 112 cm³/mol. The van der Waals surface area contributed by atoms with Crippen molar-refractivity contribution in [2.75, 3.05) is 20.1 Å². The van der Waals surface area contributed by atoms with Crippen molar-refractivity contribution in [2.24, 2.45) is 0 Å². The van der Waals surface area contributed by atoms with E-state index in [1.807, 2.05) is 45.9 Å². The Balaban J connectivity index is 1.67. The van der Waals surface area contributed by atoms with Gasteiger partial charge in [-0.2, -0.15) is 0 Å². The Morgan fingerprint density at radius 2 is 1.89 bits per heavy atom. The van der Waals surface area contributed by atoms with Gasteiger partial charge in [-0.3, -0.25) is 4.79 Å². The van der Waals surface area contributed by atoms with E-state index in [2.05, 4.69) is 15.9 Å². The van der Waals surface area contributed by atoms with E-state index in [4.69, 9.17) is 9.15 Å². The fourth-order valence-electron chi connectivity index (χ4n) is 3.49. The van der Waals surface area contributed by atoms with Crippen molar-refractivity contribution in [3.63, 3.8) is 0 Å². The van der Waals surface area contributed by atoms with E-state index in [1.54, 1.807) is 16.8 Å². The summed E-state index contributed by atoms with van der Waals surface area (Å²) < 4.78 is 12.2. The second-order valence-corrected chi connectivity index (χ2v) is 9.23. The van der Waals surface area contributed by atoms with Crippen molar-refractivity contribution >= 4 is 38.9 Å². The summed E-state index contributed by atoms with van der Waals surface area (Å²) in [7, 11) is 1.80. The molecule has 0 radical (unpaired) electrons. The van der Waals surface area contributed by atoms with Gasteiger partial charge >= 0.3 is 6.09 Å². The van der Waals surface area contributed by atoms with E-state index in [0.717, 1.165) is 15.4 Å². The highest BCUT2D eigenvalue weighted by atomic mass is 79.9. The molecule has 3 rings (SSSR count). The van der Waals surface area contributed by atoms with Crippen molar-refractivity contribution in [3.8, 4) is 0 Å². The highest BCUT2D eigenvalue weighted by Gasteiger charge is 2.32. The largest absolute Gasteiger partial charge is 0.451 e. The van der Waals surface area contributed by atoms with Gasteiger partial charge in [-0.1, -0.05) is 15.9 Å². The molecule has 2 aromatic rings. The molecular weight excluding hydrogens is 424 g/mol. The highest BCUT2D eigenvalue weighted by Crippen LogP contribution is 2.29. The maximum atomic E-state index is 13.0. The fourth-order valence-corrected chi connectivity index (χ4v) is 3.85. The second-order valence-electron chi connectivity index (χ2n) is 8.31. The Morgan fingerprint density at radius 1 is 1.25 bits per heavy atom. The number of hydrogen-bond acceptors (Lipinski definition) is 4. The summed E-state index contributed by atoms with van der Waals surface area (Å²) in [5.74, 6) is 0.255. The van der Waals surface area contributed by atoms with Gasteiger partial charge < -0.3 is 19.0 Å². The van der Waals surface area contributed by atoms with Crippen LogP contribution in [0.3, 0.4) is 0 Å². The summed E-state index contributed by atoms with van der Waals surface area (Å²) in [5, 5.41) is 0.936.